The number of rotatable bonds is 8. The minimum atomic E-state index is -0.970. The normalized spacial score (nSPS) is 12.9. The van der Waals surface area contributed by atoms with Gasteiger partial charge in [0.25, 0.3) is 5.69 Å². The molecule has 9 nitrogen and oxygen atoms in total. The average Bonchev–Trinajstić information content (AvgIpc) is 3.27. The van der Waals surface area contributed by atoms with E-state index in [0.29, 0.717) is 23.7 Å². The second kappa shape index (κ2) is 9.58. The van der Waals surface area contributed by atoms with Crippen molar-refractivity contribution >= 4 is 17.3 Å². The highest BCUT2D eigenvalue weighted by Crippen LogP contribution is 2.42. The number of anilines is 1. The number of hydrogen-bond acceptors (Lipinski definition) is 7. The topological polar surface area (TPSA) is 103 Å². The van der Waals surface area contributed by atoms with E-state index in [0.717, 1.165) is 5.56 Å². The molecule has 0 unspecified atom stereocenters. The van der Waals surface area contributed by atoms with E-state index >= 15 is 0 Å². The molecule has 3 aromatic carbocycles. The molecule has 0 bridgehead atoms. The Morgan fingerprint density at radius 1 is 1.12 bits per heavy atom. The first-order chi connectivity index (χ1) is 16.0. The fourth-order valence-corrected chi connectivity index (χ4v) is 3.75. The molecule has 170 valence electrons. The largest absolute Gasteiger partial charge is 0.497 e. The molecule has 0 spiro atoms. The fourth-order valence-electron chi connectivity index (χ4n) is 3.75. The number of nitro benzene ring substituents is 1. The summed E-state index contributed by atoms with van der Waals surface area (Å²) in [7, 11) is 3.31. The van der Waals surface area contributed by atoms with Crippen LogP contribution >= 0.6 is 0 Å². The first kappa shape index (κ1) is 22.1. The van der Waals surface area contributed by atoms with E-state index in [4.69, 9.17) is 14.2 Å². The van der Waals surface area contributed by atoms with E-state index in [9.17, 15) is 14.9 Å². The van der Waals surface area contributed by atoms with Crippen molar-refractivity contribution in [2.45, 2.75) is 12.6 Å². The number of hydrogen-bond donors (Lipinski definition) is 1. The third kappa shape index (κ3) is 4.88. The molecule has 1 amide bonds. The van der Waals surface area contributed by atoms with Crippen LogP contribution < -0.4 is 19.5 Å². The number of carbonyl (C=O) groups is 1. The van der Waals surface area contributed by atoms with Gasteiger partial charge in [-0.3, -0.25) is 19.8 Å². The van der Waals surface area contributed by atoms with Crippen molar-refractivity contribution in [3.05, 3.63) is 88.0 Å². The van der Waals surface area contributed by atoms with Crippen LogP contribution in [0.5, 0.6) is 17.2 Å². The van der Waals surface area contributed by atoms with Gasteiger partial charge in [-0.05, 0) is 42.9 Å². The van der Waals surface area contributed by atoms with Gasteiger partial charge in [0, 0.05) is 12.2 Å². The van der Waals surface area contributed by atoms with Crippen LogP contribution in [0.25, 0.3) is 0 Å². The Bertz CT molecular complexity index is 1150. The number of carbonyl (C=O) groups excluding carboxylic acids is 1. The van der Waals surface area contributed by atoms with Gasteiger partial charge in [0.2, 0.25) is 12.7 Å². The smallest absolute Gasteiger partial charge is 0.278 e. The molecule has 1 heterocycles. The Balaban J connectivity index is 1.72. The van der Waals surface area contributed by atoms with Crippen LogP contribution in [0, 0.1) is 10.1 Å². The predicted molar refractivity (Wildman–Crippen MR) is 121 cm³/mol. The lowest BCUT2D eigenvalue weighted by molar-refractivity contribution is -0.385. The van der Waals surface area contributed by atoms with Gasteiger partial charge in [-0.15, -0.1) is 0 Å². The van der Waals surface area contributed by atoms with Crippen LogP contribution in [0.4, 0.5) is 11.4 Å². The molecule has 4 rings (SSSR count). The van der Waals surface area contributed by atoms with Crippen molar-refractivity contribution in [1.29, 1.82) is 0 Å². The highest BCUT2D eigenvalue weighted by Gasteiger charge is 2.34. The zero-order chi connectivity index (χ0) is 23.4. The minimum Gasteiger partial charge on any atom is -0.497 e. The highest BCUT2D eigenvalue weighted by atomic mass is 16.7. The Morgan fingerprint density at radius 3 is 2.42 bits per heavy atom. The second-order valence-electron chi connectivity index (χ2n) is 7.54. The third-order valence-corrected chi connectivity index (χ3v) is 5.33. The summed E-state index contributed by atoms with van der Waals surface area (Å²) in [5, 5.41) is 14.8. The summed E-state index contributed by atoms with van der Waals surface area (Å²) in [5.74, 6) is 0.883. The SMILES string of the molecule is COc1ccc(NC(=O)[C@@H](c2cc3c(cc2[N+](=O)[O-])OCO3)N(C)Cc2ccccc2)cc1. The first-order valence-electron chi connectivity index (χ1n) is 10.2. The van der Waals surface area contributed by atoms with E-state index in [1.54, 1.807) is 43.3 Å². The van der Waals surface area contributed by atoms with E-state index in [1.165, 1.54) is 12.1 Å². The van der Waals surface area contributed by atoms with Gasteiger partial charge in [-0.2, -0.15) is 0 Å². The number of nitro groups is 1. The van der Waals surface area contributed by atoms with Crippen LogP contribution in [-0.4, -0.2) is 36.7 Å². The molecule has 1 N–H and O–H groups in total. The third-order valence-electron chi connectivity index (χ3n) is 5.33. The molecule has 0 fully saturated rings. The van der Waals surface area contributed by atoms with Gasteiger partial charge in [0.05, 0.1) is 23.7 Å². The van der Waals surface area contributed by atoms with Crippen molar-refractivity contribution in [3.63, 3.8) is 0 Å². The standard InChI is InChI=1S/C24H23N3O6/c1-26(14-16-6-4-3-5-7-16)23(24(28)25-17-8-10-18(31-2)11-9-17)19-12-21-22(33-15-32-21)13-20(19)27(29)30/h3-13,23H,14-15H2,1-2H3,(H,25,28)/t23-/m1/s1. The van der Waals surface area contributed by atoms with E-state index < -0.39 is 16.9 Å². The lowest BCUT2D eigenvalue weighted by Crippen LogP contribution is -2.35. The van der Waals surface area contributed by atoms with Crippen molar-refractivity contribution in [1.82, 2.24) is 4.90 Å². The van der Waals surface area contributed by atoms with Crippen molar-refractivity contribution < 1.29 is 23.9 Å². The number of fused-ring (bicyclic) bond motifs is 1. The number of likely N-dealkylation sites (N-methyl/N-ethyl adjacent to an activating group) is 1. The molecule has 0 aromatic heterocycles. The summed E-state index contributed by atoms with van der Waals surface area (Å²) in [6, 6.07) is 18.3. The number of amides is 1. The Hall–Kier alpha value is -4.11. The molecule has 0 saturated carbocycles. The molecule has 1 aliphatic heterocycles. The number of nitrogens with one attached hydrogen (secondary N) is 1. The second-order valence-corrected chi connectivity index (χ2v) is 7.54. The Morgan fingerprint density at radius 2 is 1.79 bits per heavy atom. The van der Waals surface area contributed by atoms with E-state index in [-0.39, 0.29) is 23.8 Å². The van der Waals surface area contributed by atoms with Gasteiger partial charge in [0.1, 0.15) is 11.8 Å². The molecule has 9 heteroatoms. The van der Waals surface area contributed by atoms with Gasteiger partial charge in [0.15, 0.2) is 11.5 Å². The zero-order valence-corrected chi connectivity index (χ0v) is 18.2. The monoisotopic (exact) mass is 449 g/mol. The lowest BCUT2D eigenvalue weighted by Gasteiger charge is -2.27. The quantitative estimate of drug-likeness (QED) is 0.407. The summed E-state index contributed by atoms with van der Waals surface area (Å²) in [4.78, 5) is 26.6. The number of methoxy groups -OCH3 is 1. The summed E-state index contributed by atoms with van der Waals surface area (Å²) < 4.78 is 15.9. The zero-order valence-electron chi connectivity index (χ0n) is 18.2. The fraction of sp³-hybridized carbons (Fsp3) is 0.208. The molecular weight excluding hydrogens is 426 g/mol. The number of benzene rings is 3. The van der Waals surface area contributed by atoms with E-state index in [2.05, 4.69) is 5.32 Å². The van der Waals surface area contributed by atoms with Crippen LogP contribution in [0.15, 0.2) is 66.7 Å². The predicted octanol–water partition coefficient (Wildman–Crippen LogP) is 4.14. The highest BCUT2D eigenvalue weighted by molar-refractivity contribution is 5.96. The van der Waals surface area contributed by atoms with Gasteiger partial charge in [-0.25, -0.2) is 0 Å². The molecule has 1 aliphatic rings. The maximum absolute atomic E-state index is 13.5. The van der Waals surface area contributed by atoms with Crippen molar-refractivity contribution in [3.8, 4) is 17.2 Å². The minimum absolute atomic E-state index is 0.0293. The molecule has 33 heavy (non-hydrogen) atoms. The van der Waals surface area contributed by atoms with Gasteiger partial charge < -0.3 is 19.5 Å². The number of nitrogens with zero attached hydrogens (tertiary/aromatic N) is 2. The maximum atomic E-state index is 13.5. The van der Waals surface area contributed by atoms with Gasteiger partial charge in [-0.1, -0.05) is 30.3 Å². The van der Waals surface area contributed by atoms with Crippen LogP contribution in [0.3, 0.4) is 0 Å². The summed E-state index contributed by atoms with van der Waals surface area (Å²) in [6.07, 6.45) is 0. The summed E-state index contributed by atoms with van der Waals surface area (Å²) in [6.45, 7) is 0.367. The van der Waals surface area contributed by atoms with Crippen LogP contribution in [0.2, 0.25) is 0 Å². The average molecular weight is 449 g/mol. The summed E-state index contributed by atoms with van der Waals surface area (Å²) >= 11 is 0. The van der Waals surface area contributed by atoms with Crippen molar-refractivity contribution in [2.75, 3.05) is 26.3 Å². The lowest BCUT2D eigenvalue weighted by atomic mass is 10.0. The van der Waals surface area contributed by atoms with E-state index in [1.807, 2.05) is 30.3 Å². The molecule has 0 saturated heterocycles. The molecule has 0 radical (unpaired) electrons. The van der Waals surface area contributed by atoms with Gasteiger partial charge >= 0.3 is 0 Å². The number of ether oxygens (including phenoxy) is 3. The molecule has 3 aromatic rings. The Labute approximate surface area is 190 Å². The van der Waals surface area contributed by atoms with Crippen LogP contribution in [0.1, 0.15) is 17.2 Å². The molecular formula is C24H23N3O6. The first-order valence-corrected chi connectivity index (χ1v) is 10.2. The molecule has 1 atom stereocenters. The van der Waals surface area contributed by atoms with Crippen molar-refractivity contribution in [2.24, 2.45) is 0 Å². The Kier molecular flexibility index (Phi) is 6.41. The molecule has 0 aliphatic carbocycles. The maximum Gasteiger partial charge on any atom is 0.278 e. The van der Waals surface area contributed by atoms with Crippen LogP contribution in [-0.2, 0) is 11.3 Å². The summed E-state index contributed by atoms with van der Waals surface area (Å²) in [5.41, 5.74) is 1.51.